The van der Waals surface area contributed by atoms with Crippen molar-refractivity contribution in [2.24, 2.45) is 0 Å². The summed E-state index contributed by atoms with van der Waals surface area (Å²) in [6.07, 6.45) is 0.757. The minimum atomic E-state index is -0.600. The average Bonchev–Trinajstić information content (AvgIpc) is 2.07. The van der Waals surface area contributed by atoms with E-state index < -0.39 is 5.60 Å². The summed E-state index contributed by atoms with van der Waals surface area (Å²) in [4.78, 5) is 1.07. The van der Waals surface area contributed by atoms with Crippen LogP contribution in [0.2, 0.25) is 0 Å². The smallest absolute Gasteiger partial charge is 0.0599 e. The van der Waals surface area contributed by atoms with E-state index in [1.165, 1.54) is 0 Å². The quantitative estimate of drug-likeness (QED) is 0.661. The lowest BCUT2D eigenvalue weighted by Gasteiger charge is -2.16. The van der Waals surface area contributed by atoms with E-state index in [2.05, 4.69) is 15.9 Å². The third kappa shape index (κ3) is 4.91. The van der Waals surface area contributed by atoms with Crippen LogP contribution in [-0.4, -0.2) is 16.5 Å². The van der Waals surface area contributed by atoms with Crippen molar-refractivity contribution < 1.29 is 5.11 Å². The van der Waals surface area contributed by atoms with E-state index in [0.29, 0.717) is 0 Å². The van der Waals surface area contributed by atoms with Crippen LogP contribution in [0.3, 0.4) is 0 Å². The number of rotatable bonds is 4. The number of benzene rings is 1. The monoisotopic (exact) mass is 289 g/mol. The van der Waals surface area contributed by atoms with E-state index in [4.69, 9.17) is 5.73 Å². The molecule has 0 aliphatic heterocycles. The zero-order chi connectivity index (χ0) is 11.5. The van der Waals surface area contributed by atoms with Crippen molar-refractivity contribution in [3.63, 3.8) is 0 Å². The van der Waals surface area contributed by atoms with E-state index >= 15 is 0 Å². The molecule has 0 spiro atoms. The van der Waals surface area contributed by atoms with Crippen LogP contribution in [0.4, 0.5) is 5.69 Å². The van der Waals surface area contributed by atoms with Gasteiger partial charge >= 0.3 is 0 Å². The lowest BCUT2D eigenvalue weighted by Crippen LogP contribution is -2.19. The maximum absolute atomic E-state index is 9.56. The van der Waals surface area contributed by atoms with Crippen molar-refractivity contribution >= 4 is 33.4 Å². The van der Waals surface area contributed by atoms with Gasteiger partial charge in [-0.15, -0.1) is 11.8 Å². The van der Waals surface area contributed by atoms with Crippen molar-refractivity contribution in [3.05, 3.63) is 22.7 Å². The molecule has 1 rings (SSSR count). The van der Waals surface area contributed by atoms with Crippen LogP contribution in [0.15, 0.2) is 27.6 Å². The first-order valence-corrected chi connectivity index (χ1v) is 6.56. The first kappa shape index (κ1) is 12.9. The Bertz CT molecular complexity index is 336. The summed E-state index contributed by atoms with van der Waals surface area (Å²) >= 11 is 5.04. The molecule has 2 nitrogen and oxygen atoms in total. The summed E-state index contributed by atoms with van der Waals surface area (Å²) in [5, 5.41) is 9.56. The highest BCUT2D eigenvalue weighted by Crippen LogP contribution is 2.29. The van der Waals surface area contributed by atoms with Crippen LogP contribution in [-0.2, 0) is 0 Å². The number of thioether (sulfide) groups is 1. The highest BCUT2D eigenvalue weighted by atomic mass is 79.9. The Morgan fingerprint density at radius 3 is 2.67 bits per heavy atom. The van der Waals surface area contributed by atoms with Gasteiger partial charge < -0.3 is 10.8 Å². The molecule has 4 heteroatoms. The number of hydrogen-bond donors (Lipinski definition) is 2. The summed E-state index contributed by atoms with van der Waals surface area (Å²) in [6.45, 7) is 3.64. The second-order valence-corrected chi connectivity index (χ2v) is 6.15. The van der Waals surface area contributed by atoms with Crippen LogP contribution in [0.5, 0.6) is 0 Å². The lowest BCUT2D eigenvalue weighted by molar-refractivity contribution is 0.0778. The summed E-state index contributed by atoms with van der Waals surface area (Å²) in [5.41, 5.74) is 6.04. The van der Waals surface area contributed by atoms with Crippen molar-refractivity contribution in [2.45, 2.75) is 30.8 Å². The Balaban J connectivity index is 2.51. The van der Waals surface area contributed by atoms with Gasteiger partial charge in [-0.05, 0) is 38.5 Å². The molecule has 0 aromatic heterocycles. The van der Waals surface area contributed by atoms with Crippen LogP contribution < -0.4 is 5.73 Å². The molecule has 1 aromatic rings. The average molecular weight is 290 g/mol. The summed E-state index contributed by atoms with van der Waals surface area (Å²) in [6, 6.07) is 5.86. The molecular formula is C11H16BrNOS. The molecule has 0 aliphatic carbocycles. The zero-order valence-corrected chi connectivity index (χ0v) is 11.4. The molecule has 0 fully saturated rings. The maximum Gasteiger partial charge on any atom is 0.0599 e. The maximum atomic E-state index is 9.56. The molecule has 0 saturated carbocycles. The van der Waals surface area contributed by atoms with Gasteiger partial charge in [0.05, 0.1) is 5.60 Å². The molecule has 3 N–H and O–H groups in total. The second-order valence-electron chi connectivity index (χ2n) is 4.09. The number of nitrogen functional groups attached to an aromatic ring is 1. The molecule has 0 unspecified atom stereocenters. The Morgan fingerprint density at radius 2 is 2.13 bits per heavy atom. The van der Waals surface area contributed by atoms with E-state index in [1.54, 1.807) is 11.8 Å². The molecule has 15 heavy (non-hydrogen) atoms. The number of aliphatic hydroxyl groups is 1. The van der Waals surface area contributed by atoms with Gasteiger partial charge in [0.2, 0.25) is 0 Å². The first-order valence-electron chi connectivity index (χ1n) is 4.79. The highest BCUT2D eigenvalue weighted by Gasteiger charge is 2.12. The Labute approximate surface area is 103 Å². The van der Waals surface area contributed by atoms with Gasteiger partial charge in [-0.2, -0.15) is 0 Å². The molecule has 0 bridgehead atoms. The first-order chi connectivity index (χ1) is 6.88. The van der Waals surface area contributed by atoms with Gasteiger partial charge in [0, 0.05) is 20.8 Å². The number of anilines is 1. The topological polar surface area (TPSA) is 46.2 Å². The highest BCUT2D eigenvalue weighted by molar-refractivity contribution is 9.10. The van der Waals surface area contributed by atoms with E-state index in [-0.39, 0.29) is 0 Å². The van der Waals surface area contributed by atoms with E-state index in [9.17, 15) is 5.11 Å². The molecule has 0 heterocycles. The molecular weight excluding hydrogens is 274 g/mol. The molecule has 84 valence electrons. The van der Waals surface area contributed by atoms with Gasteiger partial charge in [0.15, 0.2) is 0 Å². The molecule has 0 radical (unpaired) electrons. The van der Waals surface area contributed by atoms with Gasteiger partial charge in [0.1, 0.15) is 0 Å². The third-order valence-corrected chi connectivity index (χ3v) is 3.53. The van der Waals surface area contributed by atoms with E-state index in [1.807, 2.05) is 32.0 Å². The van der Waals surface area contributed by atoms with Crippen molar-refractivity contribution in [1.29, 1.82) is 0 Å². The van der Waals surface area contributed by atoms with Crippen LogP contribution in [0, 0.1) is 0 Å². The molecule has 1 aromatic carbocycles. The van der Waals surface area contributed by atoms with Gasteiger partial charge in [-0.1, -0.05) is 15.9 Å². The third-order valence-electron chi connectivity index (χ3n) is 1.94. The molecule has 0 atom stereocenters. The molecule has 0 aliphatic rings. The van der Waals surface area contributed by atoms with Gasteiger partial charge in [-0.25, -0.2) is 0 Å². The predicted octanol–water partition coefficient (Wildman–Crippen LogP) is 3.28. The fourth-order valence-corrected chi connectivity index (χ4v) is 2.65. The summed E-state index contributed by atoms with van der Waals surface area (Å²) < 4.78 is 0.992. The number of halogens is 1. The molecule has 0 saturated heterocycles. The second kappa shape index (κ2) is 5.23. The largest absolute Gasteiger partial charge is 0.398 e. The summed E-state index contributed by atoms with van der Waals surface area (Å²) in [5.74, 6) is 0.870. The minimum Gasteiger partial charge on any atom is -0.398 e. The van der Waals surface area contributed by atoms with Crippen molar-refractivity contribution in [3.8, 4) is 0 Å². The fourth-order valence-electron chi connectivity index (χ4n) is 1.06. The van der Waals surface area contributed by atoms with Crippen molar-refractivity contribution in [2.75, 3.05) is 11.5 Å². The van der Waals surface area contributed by atoms with Crippen molar-refractivity contribution in [1.82, 2.24) is 0 Å². The normalized spacial score (nSPS) is 11.7. The fraction of sp³-hybridized carbons (Fsp3) is 0.455. The number of hydrogen-bond acceptors (Lipinski definition) is 3. The van der Waals surface area contributed by atoms with E-state index in [0.717, 1.165) is 27.2 Å². The lowest BCUT2D eigenvalue weighted by atomic mass is 10.1. The standard InChI is InChI=1S/C11H16BrNOS/c1-11(2,14)5-6-15-10-4-3-8(12)7-9(10)13/h3-4,7,14H,5-6,13H2,1-2H3. The Hall–Kier alpha value is -0.190. The Morgan fingerprint density at radius 1 is 1.47 bits per heavy atom. The SMILES string of the molecule is CC(C)(O)CCSc1ccc(Br)cc1N. The van der Waals surface area contributed by atoms with Crippen LogP contribution >= 0.6 is 27.7 Å². The summed E-state index contributed by atoms with van der Waals surface area (Å²) in [7, 11) is 0. The van der Waals surface area contributed by atoms with Crippen LogP contribution in [0.1, 0.15) is 20.3 Å². The number of nitrogens with two attached hydrogens (primary N) is 1. The predicted molar refractivity (Wildman–Crippen MR) is 70.2 cm³/mol. The minimum absolute atomic E-state index is 0.600. The molecule has 0 amide bonds. The zero-order valence-electron chi connectivity index (χ0n) is 8.96. The Kier molecular flexibility index (Phi) is 4.49. The van der Waals surface area contributed by atoms with Gasteiger partial charge in [0.25, 0.3) is 0 Å². The van der Waals surface area contributed by atoms with Gasteiger partial charge in [-0.3, -0.25) is 0 Å². The van der Waals surface area contributed by atoms with Crippen LogP contribution in [0.25, 0.3) is 0 Å².